The number of nitrogen functional groups attached to an aromatic ring is 1. The molecule has 5 heteroatoms. The second kappa shape index (κ2) is 3.84. The molecule has 0 amide bonds. The average molecular weight is 248 g/mol. The molecule has 0 aromatic carbocycles. The van der Waals surface area contributed by atoms with Crippen LogP contribution in [-0.2, 0) is 12.8 Å². The van der Waals surface area contributed by atoms with E-state index < -0.39 is 0 Å². The fourth-order valence-electron chi connectivity index (χ4n) is 2.47. The van der Waals surface area contributed by atoms with Crippen LogP contribution in [0.3, 0.4) is 0 Å². The Balaban J connectivity index is 2.18. The number of hydrogen-bond donors (Lipinski definition) is 1. The number of rotatable bonds is 2. The number of hydrogen-bond acceptors (Lipinski definition) is 4. The molecule has 0 fully saturated rings. The van der Waals surface area contributed by atoms with Gasteiger partial charge in [0.1, 0.15) is 6.33 Å². The zero-order chi connectivity index (χ0) is 12.0. The molecule has 4 nitrogen and oxygen atoms in total. The van der Waals surface area contributed by atoms with Crippen LogP contribution in [0.25, 0.3) is 11.4 Å². The summed E-state index contributed by atoms with van der Waals surface area (Å²) in [4.78, 5) is 1.44. The zero-order valence-electron chi connectivity index (χ0n) is 10.1. The van der Waals surface area contributed by atoms with Gasteiger partial charge in [0.05, 0.1) is 10.6 Å². The molecule has 17 heavy (non-hydrogen) atoms. The van der Waals surface area contributed by atoms with Crippen molar-refractivity contribution >= 4 is 16.3 Å². The van der Waals surface area contributed by atoms with E-state index >= 15 is 0 Å². The van der Waals surface area contributed by atoms with Gasteiger partial charge in [-0.15, -0.1) is 21.5 Å². The number of aromatic nitrogens is 3. The summed E-state index contributed by atoms with van der Waals surface area (Å²) in [5, 5.41) is 9.18. The van der Waals surface area contributed by atoms with E-state index in [1.165, 1.54) is 23.3 Å². The molecular weight excluding hydrogens is 232 g/mol. The van der Waals surface area contributed by atoms with Crippen LogP contribution in [0.1, 0.15) is 36.8 Å². The van der Waals surface area contributed by atoms with Crippen molar-refractivity contribution in [3.05, 3.63) is 16.8 Å². The monoisotopic (exact) mass is 248 g/mol. The molecule has 0 atom stereocenters. The molecule has 2 aromatic rings. The molecule has 2 N–H and O–H groups in total. The first-order valence-corrected chi connectivity index (χ1v) is 6.80. The predicted molar refractivity (Wildman–Crippen MR) is 70.2 cm³/mol. The Morgan fingerprint density at radius 1 is 1.41 bits per heavy atom. The summed E-state index contributed by atoms with van der Waals surface area (Å²) in [5.41, 5.74) is 8.69. The highest BCUT2D eigenvalue weighted by atomic mass is 32.1. The molecule has 0 saturated heterocycles. The molecule has 1 aliphatic rings. The standard InChI is InChI=1S/C12H16N4S/c1-7(2)16-6-14-15-12(16)10-8-4-3-5-9(8)17-11(10)13/h6-7H,3-5,13H2,1-2H3. The Kier molecular flexibility index (Phi) is 2.43. The molecule has 2 aromatic heterocycles. The van der Waals surface area contributed by atoms with Crippen LogP contribution >= 0.6 is 11.3 Å². The fraction of sp³-hybridized carbons (Fsp3) is 0.500. The Labute approximate surface area is 104 Å². The SMILES string of the molecule is CC(C)n1cnnc1-c1c(N)sc2c1CCC2. The zero-order valence-corrected chi connectivity index (χ0v) is 10.9. The molecule has 1 aliphatic carbocycles. The van der Waals surface area contributed by atoms with Gasteiger partial charge in [-0.1, -0.05) is 0 Å². The number of aryl methyl sites for hydroxylation is 1. The summed E-state index contributed by atoms with van der Waals surface area (Å²) in [7, 11) is 0. The van der Waals surface area contributed by atoms with Crippen LogP contribution in [0.2, 0.25) is 0 Å². The first kappa shape index (κ1) is 10.8. The highest BCUT2D eigenvalue weighted by Gasteiger charge is 2.25. The summed E-state index contributed by atoms with van der Waals surface area (Å²) in [6, 6.07) is 0.358. The molecule has 0 spiro atoms. The Morgan fingerprint density at radius 3 is 3.00 bits per heavy atom. The van der Waals surface area contributed by atoms with Crippen LogP contribution in [0.15, 0.2) is 6.33 Å². The minimum absolute atomic E-state index is 0.358. The molecule has 0 unspecified atom stereocenters. The van der Waals surface area contributed by atoms with Crippen molar-refractivity contribution in [1.82, 2.24) is 14.8 Å². The minimum atomic E-state index is 0.358. The number of fused-ring (bicyclic) bond motifs is 1. The summed E-state index contributed by atoms with van der Waals surface area (Å²) >= 11 is 1.72. The maximum Gasteiger partial charge on any atom is 0.167 e. The van der Waals surface area contributed by atoms with Gasteiger partial charge in [-0.3, -0.25) is 0 Å². The third kappa shape index (κ3) is 1.57. The maximum absolute atomic E-state index is 6.15. The van der Waals surface area contributed by atoms with E-state index in [2.05, 4.69) is 28.6 Å². The van der Waals surface area contributed by atoms with Gasteiger partial charge >= 0.3 is 0 Å². The number of nitrogens with zero attached hydrogens (tertiary/aromatic N) is 3. The van der Waals surface area contributed by atoms with Gasteiger partial charge in [0.15, 0.2) is 5.82 Å². The predicted octanol–water partition coefficient (Wildman–Crippen LogP) is 2.66. The number of thiophene rings is 1. The second-order valence-corrected chi connectivity index (χ2v) is 5.89. The van der Waals surface area contributed by atoms with E-state index in [1.807, 2.05) is 0 Å². The van der Waals surface area contributed by atoms with Crippen molar-refractivity contribution in [1.29, 1.82) is 0 Å². The van der Waals surface area contributed by atoms with E-state index in [0.29, 0.717) is 6.04 Å². The normalized spacial score (nSPS) is 14.5. The van der Waals surface area contributed by atoms with Crippen LogP contribution in [0.4, 0.5) is 5.00 Å². The molecule has 2 heterocycles. The molecular formula is C12H16N4S. The minimum Gasteiger partial charge on any atom is -0.390 e. The quantitative estimate of drug-likeness (QED) is 0.889. The van der Waals surface area contributed by atoms with Gasteiger partial charge in [0.25, 0.3) is 0 Å². The highest BCUT2D eigenvalue weighted by molar-refractivity contribution is 7.16. The second-order valence-electron chi connectivity index (χ2n) is 4.75. The maximum atomic E-state index is 6.15. The number of anilines is 1. The first-order chi connectivity index (χ1) is 8.18. The lowest BCUT2D eigenvalue weighted by atomic mass is 10.1. The lowest BCUT2D eigenvalue weighted by Crippen LogP contribution is -2.03. The Hall–Kier alpha value is -1.36. The highest BCUT2D eigenvalue weighted by Crippen LogP contribution is 2.42. The van der Waals surface area contributed by atoms with Crippen LogP contribution < -0.4 is 5.73 Å². The first-order valence-electron chi connectivity index (χ1n) is 5.98. The van der Waals surface area contributed by atoms with E-state index in [1.54, 1.807) is 17.7 Å². The van der Waals surface area contributed by atoms with Gasteiger partial charge in [0.2, 0.25) is 0 Å². The smallest absolute Gasteiger partial charge is 0.167 e. The third-order valence-corrected chi connectivity index (χ3v) is 4.42. The third-order valence-electron chi connectivity index (χ3n) is 3.30. The van der Waals surface area contributed by atoms with Gasteiger partial charge < -0.3 is 10.3 Å². The summed E-state index contributed by atoms with van der Waals surface area (Å²) in [5.74, 6) is 0.928. The lowest BCUT2D eigenvalue weighted by Gasteiger charge is -2.10. The van der Waals surface area contributed by atoms with Crippen molar-refractivity contribution in [2.75, 3.05) is 5.73 Å². The van der Waals surface area contributed by atoms with E-state index in [0.717, 1.165) is 22.8 Å². The largest absolute Gasteiger partial charge is 0.390 e. The molecule has 0 aliphatic heterocycles. The lowest BCUT2D eigenvalue weighted by molar-refractivity contribution is 0.604. The van der Waals surface area contributed by atoms with E-state index in [4.69, 9.17) is 5.73 Å². The van der Waals surface area contributed by atoms with Crippen molar-refractivity contribution in [3.63, 3.8) is 0 Å². The van der Waals surface area contributed by atoms with Crippen molar-refractivity contribution in [3.8, 4) is 11.4 Å². The Bertz CT molecular complexity index is 553. The topological polar surface area (TPSA) is 56.7 Å². The van der Waals surface area contributed by atoms with E-state index in [9.17, 15) is 0 Å². The molecule has 90 valence electrons. The van der Waals surface area contributed by atoms with Crippen molar-refractivity contribution in [2.24, 2.45) is 0 Å². The van der Waals surface area contributed by atoms with Gasteiger partial charge in [-0.2, -0.15) is 0 Å². The molecule has 0 bridgehead atoms. The number of nitrogens with two attached hydrogens (primary N) is 1. The summed E-state index contributed by atoms with van der Waals surface area (Å²) in [6.45, 7) is 4.27. The average Bonchev–Trinajstić information content (AvgIpc) is 2.91. The van der Waals surface area contributed by atoms with Crippen LogP contribution in [0.5, 0.6) is 0 Å². The van der Waals surface area contributed by atoms with E-state index in [-0.39, 0.29) is 0 Å². The van der Waals surface area contributed by atoms with Crippen LogP contribution in [0, 0.1) is 0 Å². The van der Waals surface area contributed by atoms with Crippen LogP contribution in [-0.4, -0.2) is 14.8 Å². The van der Waals surface area contributed by atoms with Gasteiger partial charge in [-0.25, -0.2) is 0 Å². The summed E-state index contributed by atoms with van der Waals surface area (Å²) < 4.78 is 2.09. The van der Waals surface area contributed by atoms with Crippen molar-refractivity contribution < 1.29 is 0 Å². The molecule has 3 rings (SSSR count). The molecule has 0 radical (unpaired) electrons. The molecule has 0 saturated carbocycles. The van der Waals surface area contributed by atoms with Gasteiger partial charge in [0, 0.05) is 10.9 Å². The summed E-state index contributed by atoms with van der Waals surface area (Å²) in [6.07, 6.45) is 5.33. The van der Waals surface area contributed by atoms with Crippen molar-refractivity contribution in [2.45, 2.75) is 39.2 Å². The Morgan fingerprint density at radius 2 is 2.24 bits per heavy atom. The van der Waals surface area contributed by atoms with Gasteiger partial charge in [-0.05, 0) is 38.7 Å². The fourth-order valence-corrected chi connectivity index (χ4v) is 3.63.